The molecule has 2 aromatic rings. The number of benzene rings is 2. The molecular formula is C25H31ClN2O5S. The second kappa shape index (κ2) is 12.3. The highest BCUT2D eigenvalue weighted by molar-refractivity contribution is 7.89. The monoisotopic (exact) mass is 506 g/mol. The van der Waals surface area contributed by atoms with Gasteiger partial charge >= 0.3 is 5.97 Å². The van der Waals surface area contributed by atoms with Gasteiger partial charge in [0.2, 0.25) is 15.9 Å². The molecule has 9 heteroatoms. The van der Waals surface area contributed by atoms with E-state index in [1.165, 1.54) is 28.6 Å². The first kappa shape index (κ1) is 26.2. The molecule has 1 saturated carbocycles. The highest BCUT2D eigenvalue weighted by Gasteiger charge is 2.34. The Hall–Kier alpha value is -2.42. The zero-order chi connectivity index (χ0) is 24.6. The van der Waals surface area contributed by atoms with Gasteiger partial charge in [0.25, 0.3) is 0 Å². The van der Waals surface area contributed by atoms with Gasteiger partial charge in [-0.3, -0.25) is 4.79 Å². The van der Waals surface area contributed by atoms with Crippen LogP contribution in [0.3, 0.4) is 0 Å². The van der Waals surface area contributed by atoms with Crippen molar-refractivity contribution >= 4 is 39.2 Å². The zero-order valence-electron chi connectivity index (χ0n) is 19.3. The average Bonchev–Trinajstić information content (AvgIpc) is 2.84. The number of halogens is 1. The molecular weight excluding hydrogens is 476 g/mol. The minimum Gasteiger partial charge on any atom is -0.462 e. The number of carbonyl (C=O) groups is 2. The summed E-state index contributed by atoms with van der Waals surface area (Å²) in [5.41, 5.74) is 0.867. The maximum Gasteiger partial charge on any atom is 0.338 e. The molecule has 1 aliphatic rings. The van der Waals surface area contributed by atoms with Gasteiger partial charge in [0, 0.05) is 16.8 Å². The molecule has 0 aromatic heterocycles. The van der Waals surface area contributed by atoms with Crippen LogP contribution < -0.4 is 5.32 Å². The molecule has 0 bridgehead atoms. The van der Waals surface area contributed by atoms with Gasteiger partial charge in [-0.2, -0.15) is 4.31 Å². The number of sulfonamides is 1. The maximum atomic E-state index is 13.4. The molecule has 0 saturated heterocycles. The number of amides is 1. The molecule has 3 rings (SSSR count). The van der Waals surface area contributed by atoms with E-state index in [-0.39, 0.29) is 17.5 Å². The van der Waals surface area contributed by atoms with Crippen molar-refractivity contribution in [3.8, 4) is 0 Å². The molecule has 0 radical (unpaired) electrons. The van der Waals surface area contributed by atoms with Crippen LogP contribution in [-0.4, -0.2) is 43.8 Å². The number of anilines is 1. The minimum absolute atomic E-state index is 0.112. The van der Waals surface area contributed by atoms with E-state index < -0.39 is 21.9 Å². The van der Waals surface area contributed by atoms with Gasteiger partial charge in [0.05, 0.1) is 23.6 Å². The second-order valence-electron chi connectivity index (χ2n) is 8.41. The Morgan fingerprint density at radius 3 is 2.29 bits per heavy atom. The molecule has 0 heterocycles. The molecule has 1 aliphatic carbocycles. The van der Waals surface area contributed by atoms with Crippen LogP contribution in [-0.2, 0) is 19.6 Å². The van der Waals surface area contributed by atoms with Crippen molar-refractivity contribution in [2.45, 2.75) is 62.8 Å². The molecule has 1 amide bonds. The van der Waals surface area contributed by atoms with E-state index >= 15 is 0 Å². The lowest BCUT2D eigenvalue weighted by Crippen LogP contribution is -2.45. The molecule has 1 N–H and O–H groups in total. The second-order valence-corrected chi connectivity index (χ2v) is 10.7. The van der Waals surface area contributed by atoms with Crippen molar-refractivity contribution in [2.24, 2.45) is 0 Å². The van der Waals surface area contributed by atoms with Gasteiger partial charge < -0.3 is 10.1 Å². The first-order chi connectivity index (χ1) is 16.3. The van der Waals surface area contributed by atoms with Crippen molar-refractivity contribution < 1.29 is 22.7 Å². The Balaban J connectivity index is 1.70. The predicted molar refractivity (Wildman–Crippen MR) is 132 cm³/mol. The minimum atomic E-state index is -3.88. The van der Waals surface area contributed by atoms with Gasteiger partial charge in [-0.05, 0) is 67.8 Å². The van der Waals surface area contributed by atoms with Crippen molar-refractivity contribution in [2.75, 3.05) is 18.5 Å². The zero-order valence-corrected chi connectivity index (χ0v) is 20.9. The number of carbonyl (C=O) groups excluding carboxylic acids is 2. The van der Waals surface area contributed by atoms with E-state index in [9.17, 15) is 18.0 Å². The normalized spacial score (nSPS) is 14.7. The SMILES string of the molecule is CCCCOC(=O)c1ccc(NC(=O)CN(C2CCCCC2)S(=O)(=O)c2ccc(Cl)cc2)cc1. The molecule has 34 heavy (non-hydrogen) atoms. The number of hydrogen-bond donors (Lipinski definition) is 1. The predicted octanol–water partition coefficient (Wildman–Crippen LogP) is 5.26. The van der Waals surface area contributed by atoms with Gasteiger partial charge in [0.15, 0.2) is 0 Å². The molecule has 1 fully saturated rings. The summed E-state index contributed by atoms with van der Waals surface area (Å²) in [4.78, 5) is 25.0. The molecule has 0 atom stereocenters. The summed E-state index contributed by atoms with van der Waals surface area (Å²) in [5, 5.41) is 3.19. The summed E-state index contributed by atoms with van der Waals surface area (Å²) < 4.78 is 33.3. The summed E-state index contributed by atoms with van der Waals surface area (Å²) in [6.45, 7) is 2.09. The number of rotatable bonds is 10. The van der Waals surface area contributed by atoms with Crippen LogP contribution in [0.1, 0.15) is 62.2 Å². The lowest BCUT2D eigenvalue weighted by molar-refractivity contribution is -0.116. The van der Waals surface area contributed by atoms with Gasteiger partial charge in [-0.25, -0.2) is 13.2 Å². The van der Waals surface area contributed by atoms with E-state index in [1.54, 1.807) is 24.3 Å². The van der Waals surface area contributed by atoms with Crippen molar-refractivity contribution in [3.05, 3.63) is 59.1 Å². The van der Waals surface area contributed by atoms with E-state index in [2.05, 4.69) is 5.32 Å². The Morgan fingerprint density at radius 2 is 1.68 bits per heavy atom. The molecule has 7 nitrogen and oxygen atoms in total. The lowest BCUT2D eigenvalue weighted by Gasteiger charge is -2.33. The van der Waals surface area contributed by atoms with Crippen LogP contribution in [0.2, 0.25) is 5.02 Å². The summed E-state index contributed by atoms with van der Waals surface area (Å²) in [7, 11) is -3.88. The molecule has 0 aliphatic heterocycles. The first-order valence-electron chi connectivity index (χ1n) is 11.7. The third-order valence-electron chi connectivity index (χ3n) is 5.84. The Bertz CT molecular complexity index is 1070. The summed E-state index contributed by atoms with van der Waals surface area (Å²) in [6, 6.07) is 12.1. The number of esters is 1. The third-order valence-corrected chi connectivity index (χ3v) is 8.00. The fourth-order valence-corrected chi connectivity index (χ4v) is 5.71. The molecule has 2 aromatic carbocycles. The topological polar surface area (TPSA) is 92.8 Å². The van der Waals surface area contributed by atoms with Crippen LogP contribution in [0.25, 0.3) is 0 Å². The first-order valence-corrected chi connectivity index (χ1v) is 13.5. The maximum absolute atomic E-state index is 13.4. The van der Waals surface area contributed by atoms with Crippen LogP contribution in [0, 0.1) is 0 Å². The molecule has 0 unspecified atom stereocenters. The fourth-order valence-electron chi connectivity index (χ4n) is 3.95. The highest BCUT2D eigenvalue weighted by Crippen LogP contribution is 2.28. The number of hydrogen-bond acceptors (Lipinski definition) is 5. The van der Waals surface area contributed by atoms with Gasteiger partial charge in [-0.1, -0.05) is 44.2 Å². The van der Waals surface area contributed by atoms with Crippen LogP contribution in [0.15, 0.2) is 53.4 Å². The Labute approximate surface area is 206 Å². The van der Waals surface area contributed by atoms with Crippen LogP contribution >= 0.6 is 11.6 Å². The van der Waals surface area contributed by atoms with E-state index in [0.717, 1.165) is 44.9 Å². The third kappa shape index (κ3) is 7.04. The quantitative estimate of drug-likeness (QED) is 0.350. The Kier molecular flexibility index (Phi) is 9.50. The summed E-state index contributed by atoms with van der Waals surface area (Å²) in [6.07, 6.45) is 6.08. The fraction of sp³-hybridized carbons (Fsp3) is 0.440. The van der Waals surface area contributed by atoms with Crippen LogP contribution in [0.5, 0.6) is 0 Å². The van der Waals surface area contributed by atoms with Gasteiger partial charge in [0.1, 0.15) is 0 Å². The largest absolute Gasteiger partial charge is 0.462 e. The number of unbranched alkanes of at least 4 members (excludes halogenated alkanes) is 1. The van der Waals surface area contributed by atoms with Crippen molar-refractivity contribution in [1.29, 1.82) is 0 Å². The highest BCUT2D eigenvalue weighted by atomic mass is 35.5. The summed E-state index contributed by atoms with van der Waals surface area (Å²) >= 11 is 5.93. The number of nitrogens with zero attached hydrogens (tertiary/aromatic N) is 1. The van der Waals surface area contributed by atoms with E-state index in [0.29, 0.717) is 22.9 Å². The number of ether oxygens (including phenoxy) is 1. The van der Waals surface area contributed by atoms with Crippen molar-refractivity contribution in [3.63, 3.8) is 0 Å². The summed E-state index contributed by atoms with van der Waals surface area (Å²) in [5.74, 6) is -0.856. The molecule has 184 valence electrons. The van der Waals surface area contributed by atoms with E-state index in [1.807, 2.05) is 6.92 Å². The van der Waals surface area contributed by atoms with Crippen LogP contribution in [0.4, 0.5) is 5.69 Å². The number of nitrogens with one attached hydrogen (secondary N) is 1. The smallest absolute Gasteiger partial charge is 0.338 e. The van der Waals surface area contributed by atoms with Crippen molar-refractivity contribution in [1.82, 2.24) is 4.31 Å². The Morgan fingerprint density at radius 1 is 1.03 bits per heavy atom. The van der Waals surface area contributed by atoms with Gasteiger partial charge in [-0.15, -0.1) is 0 Å². The standard InChI is InChI=1S/C25H31ClN2O5S/c1-2-3-17-33-25(30)19-9-13-21(14-10-19)27-24(29)18-28(22-7-5-4-6-8-22)34(31,32)23-15-11-20(26)12-16-23/h9-16,22H,2-8,17-18H2,1H3,(H,27,29). The molecule has 0 spiro atoms. The lowest BCUT2D eigenvalue weighted by atomic mass is 9.95. The van der Waals surface area contributed by atoms with E-state index in [4.69, 9.17) is 16.3 Å². The average molecular weight is 507 g/mol.